The van der Waals surface area contributed by atoms with Crippen molar-refractivity contribution in [3.8, 4) is 0 Å². The average Bonchev–Trinajstić information content (AvgIpc) is 3.05. The van der Waals surface area contributed by atoms with E-state index in [4.69, 9.17) is 0 Å². The van der Waals surface area contributed by atoms with E-state index < -0.39 is 0 Å². The Labute approximate surface area is 144 Å². The first-order chi connectivity index (χ1) is 11.7. The van der Waals surface area contributed by atoms with Crippen molar-refractivity contribution >= 4 is 6.03 Å². The molecule has 0 radical (unpaired) electrons. The van der Waals surface area contributed by atoms with Crippen LogP contribution in [0.1, 0.15) is 50.6 Å². The molecule has 5 heteroatoms. The summed E-state index contributed by atoms with van der Waals surface area (Å²) in [7, 11) is 0. The van der Waals surface area contributed by atoms with E-state index in [9.17, 15) is 9.59 Å². The number of hydrogen-bond donors (Lipinski definition) is 1. The predicted octanol–water partition coefficient (Wildman–Crippen LogP) is 2.91. The third-order valence-electron chi connectivity index (χ3n) is 5.61. The summed E-state index contributed by atoms with van der Waals surface area (Å²) in [5.74, 6) is 0.734. The molecule has 1 aliphatic carbocycles. The number of carbonyl (C=O) groups excluding carboxylic acids is 1. The number of nitrogens with one attached hydrogen (secondary N) is 1. The van der Waals surface area contributed by atoms with Crippen molar-refractivity contribution in [2.75, 3.05) is 13.1 Å². The van der Waals surface area contributed by atoms with Gasteiger partial charge in [-0.2, -0.15) is 0 Å². The first-order valence-corrected chi connectivity index (χ1v) is 9.38. The monoisotopic (exact) mass is 331 g/mol. The van der Waals surface area contributed by atoms with Crippen molar-refractivity contribution < 1.29 is 4.79 Å². The number of hydrogen-bond acceptors (Lipinski definition) is 2. The molecule has 2 heterocycles. The lowest BCUT2D eigenvalue weighted by Crippen LogP contribution is -2.50. The van der Waals surface area contributed by atoms with Crippen LogP contribution in [-0.2, 0) is 6.54 Å². The molecule has 3 rings (SSSR count). The van der Waals surface area contributed by atoms with Crippen molar-refractivity contribution in [3.63, 3.8) is 0 Å². The standard InChI is InChI=1S/C19H29N3O2/c1-15-7-4-11-18(23)21(15)13-3-2-12-20-19(24)22-14-6-9-16-8-5-10-17(16)22/h4,7,11,16-17H,2-3,5-6,8-10,12-14H2,1H3,(H,20,24)/t16-,17-/m1/s1. The Morgan fingerprint density at radius 1 is 1.21 bits per heavy atom. The fourth-order valence-electron chi connectivity index (χ4n) is 4.31. The molecule has 0 bridgehead atoms. The van der Waals surface area contributed by atoms with Gasteiger partial charge in [-0.1, -0.05) is 12.5 Å². The van der Waals surface area contributed by atoms with Crippen molar-refractivity contribution in [1.29, 1.82) is 0 Å². The van der Waals surface area contributed by atoms with Gasteiger partial charge in [-0.3, -0.25) is 4.79 Å². The number of piperidine rings is 1. The molecule has 2 amide bonds. The number of aromatic nitrogens is 1. The number of nitrogens with zero attached hydrogens (tertiary/aromatic N) is 2. The van der Waals surface area contributed by atoms with E-state index in [2.05, 4.69) is 10.2 Å². The highest BCUT2D eigenvalue weighted by molar-refractivity contribution is 5.74. The quantitative estimate of drug-likeness (QED) is 0.844. The maximum absolute atomic E-state index is 12.4. The minimum Gasteiger partial charge on any atom is -0.338 e. The van der Waals surface area contributed by atoms with Gasteiger partial charge in [0.25, 0.3) is 5.56 Å². The second-order valence-electron chi connectivity index (χ2n) is 7.19. The van der Waals surface area contributed by atoms with Crippen LogP contribution in [0.15, 0.2) is 23.0 Å². The smallest absolute Gasteiger partial charge is 0.317 e. The SMILES string of the molecule is Cc1cccc(=O)n1CCCCNC(=O)N1CCC[C@H]2CCC[C@H]21. The molecule has 1 saturated carbocycles. The van der Waals surface area contributed by atoms with Crippen molar-refractivity contribution in [2.24, 2.45) is 5.92 Å². The summed E-state index contributed by atoms with van der Waals surface area (Å²) in [4.78, 5) is 26.3. The largest absolute Gasteiger partial charge is 0.338 e. The summed E-state index contributed by atoms with van der Waals surface area (Å²) in [6.07, 6.45) is 7.97. The van der Waals surface area contributed by atoms with Crippen LogP contribution in [0.2, 0.25) is 0 Å². The normalized spacial score (nSPS) is 23.1. The molecule has 2 aliphatic rings. The minimum atomic E-state index is 0.0552. The van der Waals surface area contributed by atoms with Crippen LogP contribution in [-0.4, -0.2) is 34.6 Å². The lowest BCUT2D eigenvalue weighted by Gasteiger charge is -2.37. The second kappa shape index (κ2) is 7.86. The van der Waals surface area contributed by atoms with E-state index in [0.717, 1.165) is 44.0 Å². The van der Waals surface area contributed by atoms with E-state index in [1.54, 1.807) is 16.7 Å². The molecule has 5 nitrogen and oxygen atoms in total. The first kappa shape index (κ1) is 17.1. The molecule has 1 aliphatic heterocycles. The Bertz CT molecular complexity index is 625. The number of carbonyl (C=O) groups is 1. The molecular formula is C19H29N3O2. The zero-order valence-corrected chi connectivity index (χ0v) is 14.7. The highest BCUT2D eigenvalue weighted by Crippen LogP contribution is 2.36. The Morgan fingerprint density at radius 2 is 2.04 bits per heavy atom. The first-order valence-electron chi connectivity index (χ1n) is 9.38. The van der Waals surface area contributed by atoms with Gasteiger partial charge < -0.3 is 14.8 Å². The topological polar surface area (TPSA) is 54.3 Å². The molecule has 24 heavy (non-hydrogen) atoms. The van der Waals surface area contributed by atoms with Gasteiger partial charge in [0.15, 0.2) is 0 Å². The van der Waals surface area contributed by atoms with Gasteiger partial charge in [0.2, 0.25) is 0 Å². The van der Waals surface area contributed by atoms with Crippen molar-refractivity contribution in [3.05, 3.63) is 34.2 Å². The minimum absolute atomic E-state index is 0.0552. The van der Waals surface area contributed by atoms with Gasteiger partial charge >= 0.3 is 6.03 Å². The van der Waals surface area contributed by atoms with Crippen LogP contribution in [0.4, 0.5) is 4.79 Å². The Balaban J connectivity index is 1.40. The summed E-state index contributed by atoms with van der Waals surface area (Å²) >= 11 is 0. The van der Waals surface area contributed by atoms with Crippen LogP contribution in [0.3, 0.4) is 0 Å². The molecule has 1 N–H and O–H groups in total. The molecule has 1 aromatic heterocycles. The van der Waals surface area contributed by atoms with Gasteiger partial charge in [0.05, 0.1) is 0 Å². The van der Waals surface area contributed by atoms with Crippen molar-refractivity contribution in [2.45, 2.75) is 64.5 Å². The molecule has 0 spiro atoms. The van der Waals surface area contributed by atoms with Crippen LogP contribution in [0.25, 0.3) is 0 Å². The van der Waals surface area contributed by atoms with Crippen LogP contribution < -0.4 is 10.9 Å². The summed E-state index contributed by atoms with van der Waals surface area (Å²) in [5.41, 5.74) is 1.05. The Hall–Kier alpha value is -1.78. The lowest BCUT2D eigenvalue weighted by molar-refractivity contribution is 0.128. The summed E-state index contributed by atoms with van der Waals surface area (Å²) in [6.45, 7) is 4.27. The molecule has 132 valence electrons. The third-order valence-corrected chi connectivity index (χ3v) is 5.61. The number of urea groups is 1. The average molecular weight is 331 g/mol. The number of amides is 2. The van der Waals surface area contributed by atoms with Crippen LogP contribution in [0, 0.1) is 12.8 Å². The van der Waals surface area contributed by atoms with Crippen LogP contribution in [0.5, 0.6) is 0 Å². The maximum atomic E-state index is 12.4. The van der Waals surface area contributed by atoms with E-state index >= 15 is 0 Å². The van der Waals surface area contributed by atoms with Gasteiger partial charge in [-0.15, -0.1) is 0 Å². The summed E-state index contributed by atoms with van der Waals surface area (Å²) in [5, 5.41) is 3.08. The van der Waals surface area contributed by atoms with E-state index in [1.807, 2.05) is 13.0 Å². The number of rotatable bonds is 5. The van der Waals surface area contributed by atoms with E-state index in [-0.39, 0.29) is 11.6 Å². The highest BCUT2D eigenvalue weighted by Gasteiger charge is 2.37. The van der Waals surface area contributed by atoms with Gasteiger partial charge in [-0.25, -0.2) is 4.79 Å². The third kappa shape index (κ3) is 3.82. The van der Waals surface area contributed by atoms with Gasteiger partial charge in [0.1, 0.15) is 0 Å². The fourth-order valence-corrected chi connectivity index (χ4v) is 4.31. The second-order valence-corrected chi connectivity index (χ2v) is 7.19. The van der Waals surface area contributed by atoms with Crippen LogP contribution >= 0.6 is 0 Å². The summed E-state index contributed by atoms with van der Waals surface area (Å²) in [6, 6.07) is 5.94. The van der Waals surface area contributed by atoms with E-state index in [1.165, 1.54) is 25.7 Å². The molecule has 0 unspecified atom stereocenters. The van der Waals surface area contributed by atoms with Gasteiger partial charge in [0, 0.05) is 37.4 Å². The molecular weight excluding hydrogens is 302 g/mol. The zero-order valence-electron chi connectivity index (χ0n) is 14.7. The molecule has 2 atom stereocenters. The molecule has 0 aromatic carbocycles. The molecule has 1 aromatic rings. The highest BCUT2D eigenvalue weighted by atomic mass is 16.2. The predicted molar refractivity (Wildman–Crippen MR) is 95.1 cm³/mol. The Morgan fingerprint density at radius 3 is 2.88 bits per heavy atom. The lowest BCUT2D eigenvalue weighted by atomic mass is 9.92. The Kier molecular flexibility index (Phi) is 5.59. The number of unbranched alkanes of at least 4 members (excludes halogenated alkanes) is 1. The zero-order chi connectivity index (χ0) is 16.9. The fraction of sp³-hybridized carbons (Fsp3) is 0.684. The van der Waals surface area contributed by atoms with Crippen molar-refractivity contribution in [1.82, 2.24) is 14.8 Å². The number of pyridine rings is 1. The maximum Gasteiger partial charge on any atom is 0.317 e. The molecule has 1 saturated heterocycles. The van der Waals surface area contributed by atoms with E-state index in [0.29, 0.717) is 12.6 Å². The number of fused-ring (bicyclic) bond motifs is 1. The number of aryl methyl sites for hydroxylation is 1. The van der Waals surface area contributed by atoms with Gasteiger partial charge in [-0.05, 0) is 57.4 Å². The number of likely N-dealkylation sites (tertiary alicyclic amines) is 1. The molecule has 2 fully saturated rings. The summed E-state index contributed by atoms with van der Waals surface area (Å²) < 4.78 is 1.80.